The van der Waals surface area contributed by atoms with Crippen molar-refractivity contribution in [2.24, 2.45) is 5.92 Å². The number of hydroxylamine groups is 2. The molecule has 0 aliphatic carbocycles. The van der Waals surface area contributed by atoms with Gasteiger partial charge in [0.1, 0.15) is 50.7 Å². The molecule has 0 spiro atoms. The quantitative estimate of drug-likeness (QED) is 0.0711. The molecule has 5 aromatic rings. The molecule has 0 bridgehead atoms. The van der Waals surface area contributed by atoms with Crippen molar-refractivity contribution in [1.29, 1.82) is 0 Å². The Bertz CT molecular complexity index is 3230. The van der Waals surface area contributed by atoms with Crippen LogP contribution in [0.1, 0.15) is 81.2 Å². The summed E-state index contributed by atoms with van der Waals surface area (Å²) in [6, 6.07) is 33.3. The Kier molecular flexibility index (Phi) is 23.8. The Morgan fingerprint density at radius 3 is 1.50 bits per heavy atom. The first-order chi connectivity index (χ1) is 43.4. The summed E-state index contributed by atoms with van der Waals surface area (Å²) in [6.45, 7) is 3.92. The minimum absolute atomic E-state index is 0.0603. The monoisotopic (exact) mass is 1240 g/mol. The molecular formula is C66H78N8O16. The summed E-state index contributed by atoms with van der Waals surface area (Å²) < 4.78 is 35.7. The van der Waals surface area contributed by atoms with Crippen molar-refractivity contribution < 1.29 is 76.4 Å². The van der Waals surface area contributed by atoms with Crippen LogP contribution in [0.25, 0.3) is 0 Å². The first kappa shape index (κ1) is 66.6. The summed E-state index contributed by atoms with van der Waals surface area (Å²) in [5.41, 5.74) is 3.01. The maximum absolute atomic E-state index is 16.3. The van der Waals surface area contributed by atoms with E-state index in [0.717, 1.165) is 30.0 Å². The molecule has 3 fully saturated rings. The number of carbonyl (C=O) groups is 9. The Morgan fingerprint density at radius 2 is 1.02 bits per heavy atom. The molecule has 8 amide bonds. The molecule has 3 aliphatic heterocycles. The second-order valence-electron chi connectivity index (χ2n) is 22.3. The summed E-state index contributed by atoms with van der Waals surface area (Å²) in [5, 5.41) is 9.73. The van der Waals surface area contributed by atoms with Crippen molar-refractivity contribution in [1.82, 2.24) is 40.6 Å². The van der Waals surface area contributed by atoms with Gasteiger partial charge in [-0.15, -0.1) is 0 Å². The number of amides is 8. The Balaban J connectivity index is 1.29. The first-order valence-corrected chi connectivity index (χ1v) is 30.0. The summed E-state index contributed by atoms with van der Waals surface area (Å²) in [4.78, 5) is 145. The molecule has 478 valence electrons. The lowest BCUT2D eigenvalue weighted by atomic mass is 9.96. The summed E-state index contributed by atoms with van der Waals surface area (Å²) in [7, 11) is 2.55. The number of hydrogen-bond donors (Lipinski definition) is 2. The Morgan fingerprint density at radius 1 is 0.578 bits per heavy atom. The number of nitrogens with one attached hydrogen (secondary N) is 2. The molecule has 0 radical (unpaired) electrons. The van der Waals surface area contributed by atoms with Crippen LogP contribution in [0.2, 0.25) is 0 Å². The zero-order chi connectivity index (χ0) is 64.3. The summed E-state index contributed by atoms with van der Waals surface area (Å²) in [6.07, 6.45) is -6.31. The number of fused-ring (bicyclic) bond motifs is 2. The van der Waals surface area contributed by atoms with Crippen LogP contribution in [0.4, 0.5) is 14.4 Å². The number of alkyl carbamates (subject to hydrolysis) is 1. The molecule has 5 aromatic carbocycles. The highest BCUT2D eigenvalue weighted by atomic mass is 16.7. The average Bonchev–Trinajstić information content (AvgIpc) is 0.927. The molecule has 24 heteroatoms. The molecule has 8 atom stereocenters. The summed E-state index contributed by atoms with van der Waals surface area (Å²) >= 11 is 0. The third-order valence-electron chi connectivity index (χ3n) is 15.7. The van der Waals surface area contributed by atoms with Crippen LogP contribution in [-0.2, 0) is 95.1 Å². The lowest BCUT2D eigenvalue weighted by Crippen LogP contribution is -2.69. The number of methoxy groups -OCH3 is 1. The van der Waals surface area contributed by atoms with Gasteiger partial charge >= 0.3 is 24.2 Å². The van der Waals surface area contributed by atoms with Gasteiger partial charge in [0.25, 0.3) is 23.6 Å². The lowest BCUT2D eigenvalue weighted by molar-refractivity contribution is -0.224. The van der Waals surface area contributed by atoms with Crippen molar-refractivity contribution in [3.63, 3.8) is 0 Å². The van der Waals surface area contributed by atoms with E-state index in [9.17, 15) is 14.4 Å². The molecule has 3 saturated heterocycles. The van der Waals surface area contributed by atoms with Crippen LogP contribution in [-0.4, -0.2) is 166 Å². The van der Waals surface area contributed by atoms with Crippen molar-refractivity contribution in [3.8, 4) is 0 Å². The van der Waals surface area contributed by atoms with E-state index >= 15 is 28.8 Å². The van der Waals surface area contributed by atoms with Gasteiger partial charge < -0.3 is 44.0 Å². The van der Waals surface area contributed by atoms with Crippen LogP contribution in [0.5, 0.6) is 0 Å². The minimum atomic E-state index is -2.02. The van der Waals surface area contributed by atoms with Crippen LogP contribution >= 0.6 is 0 Å². The SMILES string of the molecule is COC[C@H]1C(=O)N(C)[C@H](C)C(=O)N2[C@@H](CCCN2C(=O)OCc2ccccc2)C(=O)N[C@H]([C@H](C)OCc2ccccc2)C(=O)O[C@@H](C(C)C)[C@H](NC(=O)OCc2ccccc2)C(=O)N2[C@H](CCCN2C(=O)OCc2ccccc2)C(=O)N1OCc1ccccc1. The van der Waals surface area contributed by atoms with E-state index in [4.69, 9.17) is 33.3 Å². The number of carbonyl (C=O) groups excluding carboxylic acids is 9. The van der Waals surface area contributed by atoms with Gasteiger partial charge in [-0.05, 0) is 73.3 Å². The topological polar surface area (TPSA) is 262 Å². The fraction of sp³-hybridized carbons (Fsp3) is 0.409. The Hall–Kier alpha value is -9.39. The number of benzene rings is 5. The molecule has 3 aliphatic rings. The third kappa shape index (κ3) is 17.1. The van der Waals surface area contributed by atoms with Gasteiger partial charge in [0.15, 0.2) is 18.1 Å². The van der Waals surface area contributed by atoms with Gasteiger partial charge in [-0.3, -0.25) is 28.8 Å². The predicted octanol–water partition coefficient (Wildman–Crippen LogP) is 6.86. The van der Waals surface area contributed by atoms with Crippen LogP contribution in [0.15, 0.2) is 152 Å². The number of likely N-dealkylation sites (N-methyl/N-ethyl adjacent to an activating group) is 1. The minimum Gasteiger partial charge on any atom is -0.458 e. The van der Waals surface area contributed by atoms with E-state index in [1.54, 1.807) is 159 Å². The highest BCUT2D eigenvalue weighted by Gasteiger charge is 2.52. The first-order valence-electron chi connectivity index (χ1n) is 30.0. The highest BCUT2D eigenvalue weighted by Crippen LogP contribution is 2.30. The zero-order valence-electron chi connectivity index (χ0n) is 51.3. The fourth-order valence-electron chi connectivity index (χ4n) is 10.6. The van der Waals surface area contributed by atoms with Crippen LogP contribution in [0.3, 0.4) is 0 Å². The second-order valence-corrected chi connectivity index (χ2v) is 22.3. The maximum atomic E-state index is 16.3. The molecule has 0 aromatic heterocycles. The number of rotatable bonds is 17. The standard InChI is InChI=1S/C66H78N8O16/c1-44(2)57-56(68-64(81)86-39-48-26-14-8-15-27-48)62(79)73-53(35-23-37-71(73)66(83)88-41-50-30-18-10-19-31-50)61(78)74(89-42-51-32-20-11-21-33-51)54(43-84-6)60(77)69(5)45(3)59(76)72-52(34-22-36-70(72)65(82)87-40-49-28-16-9-17-29-49)58(75)67-55(63(80)90-57)46(4)85-38-47-24-12-7-13-25-47/h7-21,24-33,44-46,52-57H,22-23,34-43H2,1-6H3,(H,67,75)(H,68,81)/t45-,46+,52+,53-,54+,55-,56+,57+/m1/s1. The molecule has 8 rings (SSSR count). The summed E-state index contributed by atoms with van der Waals surface area (Å²) in [5.74, 6) is -7.18. The zero-order valence-corrected chi connectivity index (χ0v) is 51.3. The smallest absolute Gasteiger partial charge is 0.429 e. The molecule has 2 N–H and O–H groups in total. The molecular weight excluding hydrogens is 1160 g/mol. The van der Waals surface area contributed by atoms with Crippen LogP contribution in [0, 0.1) is 5.92 Å². The van der Waals surface area contributed by atoms with E-state index in [-0.39, 0.29) is 71.8 Å². The normalized spacial score (nSPS) is 21.8. The molecule has 24 nitrogen and oxygen atoms in total. The van der Waals surface area contributed by atoms with Gasteiger partial charge in [-0.25, -0.2) is 44.3 Å². The number of esters is 1. The van der Waals surface area contributed by atoms with Gasteiger partial charge in [0.2, 0.25) is 5.91 Å². The third-order valence-corrected chi connectivity index (χ3v) is 15.7. The number of cyclic esters (lactones) is 1. The van der Waals surface area contributed by atoms with Crippen molar-refractivity contribution in [2.45, 2.75) is 135 Å². The second kappa shape index (κ2) is 32.2. The van der Waals surface area contributed by atoms with E-state index in [1.807, 2.05) is 6.07 Å². The molecule has 0 saturated carbocycles. The van der Waals surface area contributed by atoms with Gasteiger partial charge in [0, 0.05) is 27.2 Å². The number of hydrazine groups is 2. The number of ether oxygens (including phenoxy) is 6. The van der Waals surface area contributed by atoms with Crippen molar-refractivity contribution >= 4 is 53.8 Å². The van der Waals surface area contributed by atoms with Crippen LogP contribution < -0.4 is 10.6 Å². The van der Waals surface area contributed by atoms with Gasteiger partial charge in [-0.2, -0.15) is 0 Å². The van der Waals surface area contributed by atoms with Crippen molar-refractivity contribution in [3.05, 3.63) is 179 Å². The van der Waals surface area contributed by atoms with E-state index < -0.39 is 115 Å². The maximum Gasteiger partial charge on any atom is 0.429 e. The van der Waals surface area contributed by atoms with Crippen molar-refractivity contribution in [2.75, 3.05) is 33.9 Å². The molecule has 0 unspecified atom stereocenters. The van der Waals surface area contributed by atoms with Gasteiger partial charge in [0.05, 0.1) is 19.3 Å². The number of nitrogens with zero attached hydrogens (tertiary/aromatic N) is 6. The average molecular weight is 1240 g/mol. The van der Waals surface area contributed by atoms with E-state index in [2.05, 4.69) is 10.6 Å². The lowest BCUT2D eigenvalue weighted by Gasteiger charge is -2.46. The van der Waals surface area contributed by atoms with E-state index in [0.29, 0.717) is 27.8 Å². The highest BCUT2D eigenvalue weighted by molar-refractivity contribution is 5.98. The number of hydrogen-bond acceptors (Lipinski definition) is 16. The predicted molar refractivity (Wildman–Crippen MR) is 323 cm³/mol. The Labute approximate surface area is 523 Å². The fourth-order valence-corrected chi connectivity index (χ4v) is 10.6. The molecule has 3 heterocycles. The molecule has 90 heavy (non-hydrogen) atoms. The van der Waals surface area contributed by atoms with E-state index in [1.165, 1.54) is 28.0 Å². The largest absolute Gasteiger partial charge is 0.458 e. The van der Waals surface area contributed by atoms with Gasteiger partial charge in [-0.1, -0.05) is 166 Å².